The van der Waals surface area contributed by atoms with E-state index in [9.17, 15) is 18.6 Å². The first-order valence-electron chi connectivity index (χ1n) is 11.1. The number of rotatable bonds is 3. The van der Waals surface area contributed by atoms with Gasteiger partial charge in [0.1, 0.15) is 0 Å². The van der Waals surface area contributed by atoms with Gasteiger partial charge in [-0.15, -0.1) is 0 Å². The molecule has 7 heteroatoms. The minimum absolute atomic E-state index is 0.268. The Kier molecular flexibility index (Phi) is 6.97. The Labute approximate surface area is 193 Å². The van der Waals surface area contributed by atoms with Crippen molar-refractivity contribution in [1.29, 1.82) is 0 Å². The number of hydrogen-bond donors (Lipinski definition) is 4. The van der Waals surface area contributed by atoms with Crippen molar-refractivity contribution in [2.45, 2.75) is 44.1 Å². The average Bonchev–Trinajstić information content (AvgIpc) is 2.77. The second-order valence-corrected chi connectivity index (χ2v) is 10.1. The van der Waals surface area contributed by atoms with Crippen LogP contribution >= 0.6 is 0 Å². The Morgan fingerprint density at radius 1 is 0.818 bits per heavy atom. The highest BCUT2D eigenvalue weighted by Gasteiger charge is 2.30. The van der Waals surface area contributed by atoms with Crippen molar-refractivity contribution in [1.82, 2.24) is 5.32 Å². The quantitative estimate of drug-likeness (QED) is 0.268. The smallest absolute Gasteiger partial charge is 0.261 e. The minimum Gasteiger partial charge on any atom is -0.391 e. The molecule has 3 atom stereocenters. The van der Waals surface area contributed by atoms with Gasteiger partial charge < -0.3 is 15.5 Å². The fraction of sp³-hybridized carbons (Fsp3) is 0.308. The molecule has 6 nitrogen and oxygen atoms in total. The van der Waals surface area contributed by atoms with Crippen molar-refractivity contribution in [2.75, 3.05) is 6.26 Å². The van der Waals surface area contributed by atoms with E-state index in [-0.39, 0.29) is 6.04 Å². The number of fused-ring (bicyclic) bond motifs is 5. The molecule has 0 radical (unpaired) electrons. The molecule has 0 aliphatic heterocycles. The number of nitrogens with one attached hydrogen (secondary N) is 1. The molecular formula is C26H29NO5S. The van der Waals surface area contributed by atoms with Gasteiger partial charge in [-0.1, -0.05) is 60.7 Å². The molecule has 1 saturated carbocycles. The van der Waals surface area contributed by atoms with Crippen molar-refractivity contribution in [3.63, 3.8) is 0 Å². The molecule has 5 rings (SSSR count). The summed E-state index contributed by atoms with van der Waals surface area (Å²) in [4.78, 5) is 0. The molecule has 0 heterocycles. The van der Waals surface area contributed by atoms with Crippen LogP contribution < -0.4 is 5.32 Å². The number of aliphatic hydroxyl groups excluding tert-OH is 2. The molecule has 0 amide bonds. The van der Waals surface area contributed by atoms with Crippen LogP contribution in [0.5, 0.6) is 0 Å². The molecule has 4 aromatic carbocycles. The van der Waals surface area contributed by atoms with Gasteiger partial charge in [-0.2, -0.15) is 8.42 Å². The van der Waals surface area contributed by atoms with Crippen molar-refractivity contribution in [2.24, 2.45) is 0 Å². The largest absolute Gasteiger partial charge is 0.391 e. The first-order chi connectivity index (χ1) is 15.7. The zero-order valence-corrected chi connectivity index (χ0v) is 19.3. The van der Waals surface area contributed by atoms with E-state index < -0.39 is 22.3 Å². The summed E-state index contributed by atoms with van der Waals surface area (Å²) in [5.74, 6) is 0. The Bertz CT molecular complexity index is 1370. The van der Waals surface area contributed by atoms with Crippen LogP contribution in [0.25, 0.3) is 32.3 Å². The van der Waals surface area contributed by atoms with E-state index in [0.717, 1.165) is 19.3 Å². The second kappa shape index (κ2) is 9.75. The standard InChI is InChI=1S/C25H25NO2.CH4O3S/c27-23-10-5-11-24(28)25(23)26-15-17-14-22-18-7-2-1-6-16(18)12-13-21(22)20-9-4-3-8-19(17)20;1-5(2,3)4/h1-4,6-9,12-14,23-28H,5,10-11,15H2;1H3,(H,2,3,4)/t23-,24+,25?;. The first kappa shape index (κ1) is 23.6. The van der Waals surface area contributed by atoms with Crippen LogP contribution in [-0.2, 0) is 16.7 Å². The molecule has 33 heavy (non-hydrogen) atoms. The fourth-order valence-electron chi connectivity index (χ4n) is 4.73. The molecule has 4 aromatic rings. The number of hydrogen-bond acceptors (Lipinski definition) is 5. The molecule has 0 bridgehead atoms. The molecule has 1 aliphatic carbocycles. The maximum Gasteiger partial charge on any atom is 0.261 e. The molecule has 4 N–H and O–H groups in total. The Balaban J connectivity index is 0.000000471. The van der Waals surface area contributed by atoms with Crippen LogP contribution in [0, 0.1) is 0 Å². The Morgan fingerprint density at radius 2 is 1.36 bits per heavy atom. The van der Waals surface area contributed by atoms with E-state index in [1.54, 1.807) is 0 Å². The van der Waals surface area contributed by atoms with Gasteiger partial charge >= 0.3 is 0 Å². The molecule has 1 aliphatic rings. The van der Waals surface area contributed by atoms with Gasteiger partial charge in [0, 0.05) is 6.54 Å². The maximum absolute atomic E-state index is 10.3. The SMILES string of the molecule is CS(=O)(=O)O.O[C@@H]1CCC[C@H](O)C1NCc1cc2c3ccccc3ccc2c2ccccc12. The van der Waals surface area contributed by atoms with E-state index in [0.29, 0.717) is 12.8 Å². The van der Waals surface area contributed by atoms with Crippen molar-refractivity contribution in [3.05, 3.63) is 72.3 Å². The lowest BCUT2D eigenvalue weighted by atomic mass is 9.89. The molecule has 1 fully saturated rings. The maximum atomic E-state index is 10.3. The third kappa shape index (κ3) is 5.51. The zero-order chi connectivity index (χ0) is 23.6. The third-order valence-electron chi connectivity index (χ3n) is 6.21. The topological polar surface area (TPSA) is 107 Å². The Morgan fingerprint density at radius 3 is 2.03 bits per heavy atom. The van der Waals surface area contributed by atoms with Crippen LogP contribution in [-0.4, -0.2) is 47.7 Å². The van der Waals surface area contributed by atoms with Crippen molar-refractivity contribution >= 4 is 42.4 Å². The van der Waals surface area contributed by atoms with E-state index in [1.165, 1.54) is 37.9 Å². The lowest BCUT2D eigenvalue weighted by molar-refractivity contribution is 0.000915. The molecule has 0 saturated heterocycles. The summed E-state index contributed by atoms with van der Waals surface area (Å²) < 4.78 is 25.9. The van der Waals surface area contributed by atoms with Crippen LogP contribution in [0.1, 0.15) is 24.8 Å². The van der Waals surface area contributed by atoms with Crippen molar-refractivity contribution < 1.29 is 23.2 Å². The van der Waals surface area contributed by atoms with Gasteiger partial charge in [0.05, 0.1) is 24.5 Å². The minimum atomic E-state index is -3.67. The van der Waals surface area contributed by atoms with E-state index in [2.05, 4.69) is 72.0 Å². The summed E-state index contributed by atoms with van der Waals surface area (Å²) in [7, 11) is -3.67. The van der Waals surface area contributed by atoms with Gasteiger partial charge in [0.2, 0.25) is 0 Å². The summed E-state index contributed by atoms with van der Waals surface area (Å²) in [6.07, 6.45) is 2.11. The summed E-state index contributed by atoms with van der Waals surface area (Å²) in [6, 6.07) is 23.4. The lowest BCUT2D eigenvalue weighted by Crippen LogP contribution is -2.50. The monoisotopic (exact) mass is 467 g/mol. The highest BCUT2D eigenvalue weighted by molar-refractivity contribution is 7.85. The van der Waals surface area contributed by atoms with E-state index in [1.807, 2.05) is 0 Å². The van der Waals surface area contributed by atoms with Crippen molar-refractivity contribution in [3.8, 4) is 0 Å². The lowest BCUT2D eigenvalue weighted by Gasteiger charge is -2.33. The summed E-state index contributed by atoms with van der Waals surface area (Å²) in [6.45, 7) is 0.623. The molecule has 174 valence electrons. The predicted molar refractivity (Wildman–Crippen MR) is 133 cm³/mol. The average molecular weight is 468 g/mol. The number of aliphatic hydroxyl groups is 2. The molecular weight excluding hydrogens is 438 g/mol. The van der Waals surface area contributed by atoms with E-state index >= 15 is 0 Å². The summed E-state index contributed by atoms with van der Waals surface area (Å²) in [5.41, 5.74) is 1.20. The fourth-order valence-corrected chi connectivity index (χ4v) is 4.73. The second-order valence-electron chi connectivity index (χ2n) is 8.67. The van der Waals surface area contributed by atoms with Crippen LogP contribution in [0.15, 0.2) is 66.7 Å². The van der Waals surface area contributed by atoms with Gasteiger partial charge in [0.15, 0.2) is 0 Å². The van der Waals surface area contributed by atoms with Gasteiger partial charge in [0.25, 0.3) is 10.1 Å². The van der Waals surface area contributed by atoms with E-state index in [4.69, 9.17) is 4.55 Å². The zero-order valence-electron chi connectivity index (χ0n) is 18.5. The summed E-state index contributed by atoms with van der Waals surface area (Å²) in [5, 5.41) is 31.5. The van der Waals surface area contributed by atoms with Crippen LogP contribution in [0.2, 0.25) is 0 Å². The highest BCUT2D eigenvalue weighted by atomic mass is 32.2. The molecule has 0 aromatic heterocycles. The first-order valence-corrected chi connectivity index (χ1v) is 12.9. The normalized spacial score (nSPS) is 21.2. The summed E-state index contributed by atoms with van der Waals surface area (Å²) >= 11 is 0. The molecule has 0 spiro atoms. The Hall–Kier alpha value is -2.55. The number of benzene rings is 4. The van der Waals surface area contributed by atoms with Crippen LogP contribution in [0.3, 0.4) is 0 Å². The predicted octanol–water partition coefficient (Wildman–Crippen LogP) is 4.01. The van der Waals surface area contributed by atoms with Gasteiger partial charge in [-0.25, -0.2) is 0 Å². The van der Waals surface area contributed by atoms with Crippen LogP contribution in [0.4, 0.5) is 0 Å². The molecule has 1 unspecified atom stereocenters. The van der Waals surface area contributed by atoms with Gasteiger partial charge in [-0.05, 0) is 63.2 Å². The third-order valence-corrected chi connectivity index (χ3v) is 6.21. The van der Waals surface area contributed by atoms with Gasteiger partial charge in [-0.3, -0.25) is 4.55 Å². The highest BCUT2D eigenvalue weighted by Crippen LogP contribution is 2.33.